The summed E-state index contributed by atoms with van der Waals surface area (Å²) in [5.41, 5.74) is 2.12. The third kappa shape index (κ3) is 4.20. The van der Waals surface area contributed by atoms with Crippen LogP contribution >= 0.6 is 11.8 Å². The van der Waals surface area contributed by atoms with Gasteiger partial charge in [0.15, 0.2) is 5.16 Å². The van der Waals surface area contributed by atoms with Gasteiger partial charge in [-0.3, -0.25) is 4.57 Å². The first-order valence-corrected chi connectivity index (χ1v) is 9.01. The normalized spacial score (nSPS) is 10.4. The van der Waals surface area contributed by atoms with Gasteiger partial charge in [-0.2, -0.15) is 5.26 Å². The molecule has 5 nitrogen and oxygen atoms in total. The predicted molar refractivity (Wildman–Crippen MR) is 98.1 cm³/mol. The van der Waals surface area contributed by atoms with Crippen LogP contribution in [0.1, 0.15) is 18.3 Å². The average molecular weight is 350 g/mol. The van der Waals surface area contributed by atoms with Crippen molar-refractivity contribution in [3.8, 4) is 17.5 Å². The number of rotatable bonds is 7. The van der Waals surface area contributed by atoms with Gasteiger partial charge < -0.3 is 4.74 Å². The van der Waals surface area contributed by atoms with Crippen molar-refractivity contribution >= 4 is 11.8 Å². The summed E-state index contributed by atoms with van der Waals surface area (Å²) in [7, 11) is 0. The monoisotopic (exact) mass is 350 g/mol. The molecule has 0 saturated carbocycles. The number of nitriles is 1. The Balaban J connectivity index is 1.96. The Morgan fingerprint density at radius 3 is 2.52 bits per heavy atom. The molecule has 0 radical (unpaired) electrons. The van der Waals surface area contributed by atoms with E-state index in [0.717, 1.165) is 22.4 Å². The number of hydrogen-bond acceptors (Lipinski definition) is 5. The van der Waals surface area contributed by atoms with Crippen LogP contribution in [0, 0.1) is 11.3 Å². The molecule has 25 heavy (non-hydrogen) atoms. The van der Waals surface area contributed by atoms with Crippen molar-refractivity contribution in [2.24, 2.45) is 0 Å². The van der Waals surface area contributed by atoms with E-state index in [1.54, 1.807) is 0 Å². The second-order valence-electron chi connectivity index (χ2n) is 5.27. The van der Waals surface area contributed by atoms with Crippen molar-refractivity contribution in [1.29, 1.82) is 5.26 Å². The molecule has 0 atom stereocenters. The predicted octanol–water partition coefficient (Wildman–Crippen LogP) is 3.87. The summed E-state index contributed by atoms with van der Waals surface area (Å²) >= 11 is 1.38. The molecule has 0 unspecified atom stereocenters. The van der Waals surface area contributed by atoms with Crippen molar-refractivity contribution in [3.05, 3.63) is 66.0 Å². The van der Waals surface area contributed by atoms with Crippen molar-refractivity contribution < 1.29 is 4.74 Å². The number of thioether (sulfide) groups is 1. The quantitative estimate of drug-likeness (QED) is 0.605. The minimum Gasteiger partial charge on any atom is -0.494 e. The van der Waals surface area contributed by atoms with Crippen LogP contribution in [0.3, 0.4) is 0 Å². The summed E-state index contributed by atoms with van der Waals surface area (Å²) in [6, 6.07) is 20.1. The summed E-state index contributed by atoms with van der Waals surface area (Å²) in [5.74, 6) is 2.01. The Morgan fingerprint density at radius 2 is 1.84 bits per heavy atom. The van der Waals surface area contributed by atoms with E-state index in [0.29, 0.717) is 18.8 Å². The van der Waals surface area contributed by atoms with Gasteiger partial charge >= 0.3 is 0 Å². The largest absolute Gasteiger partial charge is 0.494 e. The van der Waals surface area contributed by atoms with Crippen LogP contribution < -0.4 is 4.74 Å². The molecule has 0 spiro atoms. The molecular weight excluding hydrogens is 332 g/mol. The number of aromatic nitrogens is 3. The number of ether oxygens (including phenoxy) is 1. The first-order chi connectivity index (χ1) is 12.3. The molecule has 126 valence electrons. The summed E-state index contributed by atoms with van der Waals surface area (Å²) in [6.07, 6.45) is 0.675. The molecule has 0 amide bonds. The highest BCUT2D eigenvalue weighted by molar-refractivity contribution is 7.99. The minimum absolute atomic E-state index is 0.334. The first-order valence-electron chi connectivity index (χ1n) is 8.03. The van der Waals surface area contributed by atoms with Crippen LogP contribution in [-0.2, 0) is 6.42 Å². The number of benzene rings is 2. The van der Waals surface area contributed by atoms with Crippen LogP contribution in [-0.4, -0.2) is 27.1 Å². The zero-order valence-corrected chi connectivity index (χ0v) is 14.7. The van der Waals surface area contributed by atoms with E-state index in [9.17, 15) is 0 Å². The zero-order valence-electron chi connectivity index (χ0n) is 13.9. The smallest absolute Gasteiger partial charge is 0.196 e. The third-order valence-corrected chi connectivity index (χ3v) is 4.37. The lowest BCUT2D eigenvalue weighted by atomic mass is 10.1. The lowest BCUT2D eigenvalue weighted by Crippen LogP contribution is -2.04. The molecule has 0 aliphatic carbocycles. The summed E-state index contributed by atoms with van der Waals surface area (Å²) in [5, 5.41) is 18.2. The summed E-state index contributed by atoms with van der Waals surface area (Å²) < 4.78 is 7.52. The lowest BCUT2D eigenvalue weighted by Gasteiger charge is -2.11. The van der Waals surface area contributed by atoms with Gasteiger partial charge in [0.25, 0.3) is 0 Å². The maximum Gasteiger partial charge on any atom is 0.196 e. The fraction of sp³-hybridized carbons (Fsp3) is 0.211. The Bertz CT molecular complexity index is 853. The first kappa shape index (κ1) is 17.1. The highest BCUT2D eigenvalue weighted by Crippen LogP contribution is 2.24. The van der Waals surface area contributed by atoms with Gasteiger partial charge in [0, 0.05) is 12.1 Å². The van der Waals surface area contributed by atoms with Gasteiger partial charge in [-0.15, -0.1) is 10.2 Å². The van der Waals surface area contributed by atoms with E-state index in [-0.39, 0.29) is 0 Å². The van der Waals surface area contributed by atoms with E-state index in [4.69, 9.17) is 10.00 Å². The Hall–Kier alpha value is -2.78. The standard InChI is InChI=1S/C19H18N4OS/c1-2-24-17-10-8-16(9-11-17)23-18(14-15-6-4-3-5-7-15)21-22-19(23)25-13-12-20/h3-11H,2,13-14H2,1H3. The van der Waals surface area contributed by atoms with E-state index >= 15 is 0 Å². The molecule has 0 bridgehead atoms. The molecule has 3 rings (SSSR count). The fourth-order valence-corrected chi connectivity index (χ4v) is 3.13. The number of hydrogen-bond donors (Lipinski definition) is 0. The highest BCUT2D eigenvalue weighted by atomic mass is 32.2. The SMILES string of the molecule is CCOc1ccc(-n2c(Cc3ccccc3)nnc2SCC#N)cc1. The molecular formula is C19H18N4OS. The molecule has 6 heteroatoms. The van der Waals surface area contributed by atoms with Crippen molar-refractivity contribution in [1.82, 2.24) is 14.8 Å². The van der Waals surface area contributed by atoms with Crippen LogP contribution in [0.5, 0.6) is 5.75 Å². The number of nitrogens with zero attached hydrogens (tertiary/aromatic N) is 4. The van der Waals surface area contributed by atoms with E-state index < -0.39 is 0 Å². The van der Waals surface area contributed by atoms with Gasteiger partial charge in [-0.05, 0) is 36.8 Å². The van der Waals surface area contributed by atoms with Gasteiger partial charge in [-0.25, -0.2) is 0 Å². The average Bonchev–Trinajstić information content (AvgIpc) is 3.04. The van der Waals surface area contributed by atoms with Gasteiger partial charge in [0.2, 0.25) is 0 Å². The zero-order chi connectivity index (χ0) is 17.5. The Kier molecular flexibility index (Phi) is 5.70. The molecule has 1 aromatic heterocycles. The fourth-order valence-electron chi connectivity index (χ4n) is 2.50. The Morgan fingerprint density at radius 1 is 1.08 bits per heavy atom. The van der Waals surface area contributed by atoms with Gasteiger partial charge in [0.1, 0.15) is 11.6 Å². The topological polar surface area (TPSA) is 63.7 Å². The molecule has 2 aromatic carbocycles. The van der Waals surface area contributed by atoms with E-state index in [1.807, 2.05) is 54.0 Å². The third-order valence-electron chi connectivity index (χ3n) is 3.58. The van der Waals surface area contributed by atoms with Crippen molar-refractivity contribution in [2.75, 3.05) is 12.4 Å². The van der Waals surface area contributed by atoms with Crippen LogP contribution in [0.25, 0.3) is 5.69 Å². The molecule has 0 aliphatic rings. The molecule has 3 aromatic rings. The summed E-state index contributed by atoms with van der Waals surface area (Å²) in [6.45, 7) is 2.59. The maximum atomic E-state index is 8.88. The Labute approximate surface area is 151 Å². The van der Waals surface area contributed by atoms with Crippen LogP contribution in [0.4, 0.5) is 0 Å². The van der Waals surface area contributed by atoms with Gasteiger partial charge in [-0.1, -0.05) is 42.1 Å². The second kappa shape index (κ2) is 8.36. The second-order valence-corrected chi connectivity index (χ2v) is 6.21. The molecule has 0 aliphatic heterocycles. The summed E-state index contributed by atoms with van der Waals surface area (Å²) in [4.78, 5) is 0. The highest BCUT2D eigenvalue weighted by Gasteiger charge is 2.15. The molecule has 0 N–H and O–H groups in total. The lowest BCUT2D eigenvalue weighted by molar-refractivity contribution is 0.340. The van der Waals surface area contributed by atoms with Crippen LogP contribution in [0.2, 0.25) is 0 Å². The minimum atomic E-state index is 0.334. The maximum absolute atomic E-state index is 8.88. The van der Waals surface area contributed by atoms with E-state index in [1.165, 1.54) is 17.3 Å². The van der Waals surface area contributed by atoms with Crippen molar-refractivity contribution in [3.63, 3.8) is 0 Å². The van der Waals surface area contributed by atoms with Crippen LogP contribution in [0.15, 0.2) is 59.8 Å². The molecule has 1 heterocycles. The molecule has 0 saturated heterocycles. The van der Waals surface area contributed by atoms with Gasteiger partial charge in [0.05, 0.1) is 18.4 Å². The van der Waals surface area contributed by atoms with E-state index in [2.05, 4.69) is 28.4 Å². The molecule has 0 fully saturated rings. The van der Waals surface area contributed by atoms with Crippen molar-refractivity contribution in [2.45, 2.75) is 18.5 Å².